The maximum Gasteiger partial charge on any atom is 0.0240 e. The maximum absolute atomic E-state index is 2.49. The van der Waals surface area contributed by atoms with E-state index in [1.165, 1.54) is 30.4 Å². The summed E-state index contributed by atoms with van der Waals surface area (Å²) in [7, 11) is 0. The van der Waals surface area contributed by atoms with E-state index >= 15 is 0 Å². The molecule has 0 spiro atoms. The van der Waals surface area contributed by atoms with Crippen molar-refractivity contribution in [3.63, 3.8) is 0 Å². The predicted molar refractivity (Wildman–Crippen MR) is 95.7 cm³/mol. The highest BCUT2D eigenvalue weighted by atomic mass is 15.1. The zero-order valence-corrected chi connectivity index (χ0v) is 13.6. The summed E-state index contributed by atoms with van der Waals surface area (Å²) in [5, 5.41) is 0. The molecule has 2 aromatic rings. The number of hydrogen-bond donors (Lipinski definition) is 0. The van der Waals surface area contributed by atoms with Gasteiger partial charge in [0.05, 0.1) is 0 Å². The summed E-state index contributed by atoms with van der Waals surface area (Å²) in [5.74, 6) is 0. The fourth-order valence-corrected chi connectivity index (χ4v) is 2.53. The number of nitrogens with zero attached hydrogens (tertiary/aromatic N) is 1. The summed E-state index contributed by atoms with van der Waals surface area (Å²) in [6.07, 6.45) is 8.39. The molecule has 0 aliphatic rings. The second kappa shape index (κ2) is 9.97. The lowest BCUT2D eigenvalue weighted by atomic mass is 10.1. The Morgan fingerprint density at radius 3 is 1.82 bits per heavy atom. The molecule has 116 valence electrons. The van der Waals surface area contributed by atoms with Gasteiger partial charge in [-0.1, -0.05) is 92.6 Å². The summed E-state index contributed by atoms with van der Waals surface area (Å²) in [6, 6.07) is 21.5. The van der Waals surface area contributed by atoms with Crippen molar-refractivity contribution in [3.05, 3.63) is 83.9 Å². The molecule has 0 N–H and O–H groups in total. The van der Waals surface area contributed by atoms with Gasteiger partial charge in [-0.3, -0.25) is 4.90 Å². The van der Waals surface area contributed by atoms with E-state index < -0.39 is 0 Å². The molecular formula is C21H27N. The van der Waals surface area contributed by atoms with Gasteiger partial charge in [-0.15, -0.1) is 0 Å². The molecule has 0 saturated carbocycles. The summed E-state index contributed by atoms with van der Waals surface area (Å²) in [4.78, 5) is 2.49. The molecule has 0 fully saturated rings. The molecule has 0 atom stereocenters. The van der Waals surface area contributed by atoms with Crippen LogP contribution in [0.15, 0.2) is 72.8 Å². The van der Waals surface area contributed by atoms with Crippen LogP contribution < -0.4 is 0 Å². The minimum Gasteiger partial charge on any atom is -0.291 e. The van der Waals surface area contributed by atoms with Crippen LogP contribution in [0, 0.1) is 0 Å². The minimum atomic E-state index is 0.994. The highest BCUT2D eigenvalue weighted by Gasteiger charge is 2.05. The van der Waals surface area contributed by atoms with Crippen molar-refractivity contribution in [2.75, 3.05) is 6.54 Å². The Bertz CT molecular complexity index is 489. The average Bonchev–Trinajstić information content (AvgIpc) is 2.56. The van der Waals surface area contributed by atoms with Crippen LogP contribution in [0.2, 0.25) is 0 Å². The first-order chi connectivity index (χ1) is 10.9. The van der Waals surface area contributed by atoms with Gasteiger partial charge in [-0.25, -0.2) is 0 Å². The fraction of sp³-hybridized carbons (Fsp3) is 0.333. The monoisotopic (exact) mass is 293 g/mol. The van der Waals surface area contributed by atoms with Crippen LogP contribution in [0.4, 0.5) is 0 Å². The Morgan fingerprint density at radius 1 is 0.773 bits per heavy atom. The van der Waals surface area contributed by atoms with Gasteiger partial charge in [0.15, 0.2) is 0 Å². The predicted octanol–water partition coefficient (Wildman–Crippen LogP) is 5.44. The van der Waals surface area contributed by atoms with Gasteiger partial charge in [0.2, 0.25) is 0 Å². The molecule has 1 heteroatoms. The van der Waals surface area contributed by atoms with E-state index in [2.05, 4.69) is 84.6 Å². The molecule has 1 nitrogen and oxygen atoms in total. The molecular weight excluding hydrogens is 266 g/mol. The molecule has 0 unspecified atom stereocenters. The van der Waals surface area contributed by atoms with Gasteiger partial charge in [0.25, 0.3) is 0 Å². The smallest absolute Gasteiger partial charge is 0.0240 e. The van der Waals surface area contributed by atoms with Gasteiger partial charge >= 0.3 is 0 Å². The first kappa shape index (κ1) is 16.5. The lowest BCUT2D eigenvalue weighted by molar-refractivity contribution is 0.286. The maximum atomic E-state index is 2.49. The van der Waals surface area contributed by atoms with E-state index in [4.69, 9.17) is 0 Å². The fourth-order valence-electron chi connectivity index (χ4n) is 2.53. The first-order valence-corrected chi connectivity index (χ1v) is 8.33. The minimum absolute atomic E-state index is 0.994. The molecule has 2 rings (SSSR count). The van der Waals surface area contributed by atoms with E-state index in [-0.39, 0.29) is 0 Å². The van der Waals surface area contributed by atoms with Crippen molar-refractivity contribution in [1.82, 2.24) is 4.90 Å². The lowest BCUT2D eigenvalue weighted by Crippen LogP contribution is -2.22. The molecule has 0 radical (unpaired) electrons. The third kappa shape index (κ3) is 6.28. The highest BCUT2D eigenvalue weighted by Crippen LogP contribution is 2.10. The highest BCUT2D eigenvalue weighted by molar-refractivity contribution is 5.17. The van der Waals surface area contributed by atoms with Crippen LogP contribution in [-0.4, -0.2) is 11.4 Å². The molecule has 0 heterocycles. The standard InChI is InChI=1S/C21H27N/c1-2-3-4-5-12-17-22(18-20-13-8-6-9-14-20)19-21-15-10-7-11-16-21/h5-16H,2-4,17-19H2,1H3/b12-5+. The quantitative estimate of drug-likeness (QED) is 0.440. The number of benzene rings is 2. The van der Waals surface area contributed by atoms with Crippen LogP contribution in [0.25, 0.3) is 0 Å². The van der Waals surface area contributed by atoms with Crippen molar-refractivity contribution < 1.29 is 0 Å². The zero-order valence-electron chi connectivity index (χ0n) is 13.6. The van der Waals surface area contributed by atoms with E-state index in [1.54, 1.807) is 0 Å². The van der Waals surface area contributed by atoms with Gasteiger partial charge < -0.3 is 0 Å². The SMILES string of the molecule is CCCC/C=C/CN(Cc1ccccc1)Cc1ccccc1. The summed E-state index contributed by atoms with van der Waals surface area (Å²) >= 11 is 0. The Morgan fingerprint density at radius 2 is 1.32 bits per heavy atom. The topological polar surface area (TPSA) is 3.24 Å². The Hall–Kier alpha value is -1.86. The van der Waals surface area contributed by atoms with E-state index in [9.17, 15) is 0 Å². The third-order valence-electron chi connectivity index (χ3n) is 3.75. The summed E-state index contributed by atoms with van der Waals surface area (Å²) in [6.45, 7) is 5.24. The van der Waals surface area contributed by atoms with Crippen LogP contribution in [-0.2, 0) is 13.1 Å². The van der Waals surface area contributed by atoms with Crippen LogP contribution in [0.1, 0.15) is 37.3 Å². The van der Waals surface area contributed by atoms with Crippen LogP contribution in [0.5, 0.6) is 0 Å². The third-order valence-corrected chi connectivity index (χ3v) is 3.75. The first-order valence-electron chi connectivity index (χ1n) is 8.33. The largest absolute Gasteiger partial charge is 0.291 e. The number of allylic oxidation sites excluding steroid dienone is 1. The second-order valence-corrected chi connectivity index (χ2v) is 5.75. The average molecular weight is 293 g/mol. The van der Waals surface area contributed by atoms with Gasteiger partial charge in [0, 0.05) is 19.6 Å². The van der Waals surface area contributed by atoms with E-state index in [0.717, 1.165) is 19.6 Å². The zero-order chi connectivity index (χ0) is 15.5. The second-order valence-electron chi connectivity index (χ2n) is 5.75. The molecule has 0 amide bonds. The van der Waals surface area contributed by atoms with Gasteiger partial charge in [-0.05, 0) is 17.5 Å². The van der Waals surface area contributed by atoms with Crippen molar-refractivity contribution in [2.45, 2.75) is 39.3 Å². The van der Waals surface area contributed by atoms with Crippen LogP contribution >= 0.6 is 0 Å². The van der Waals surface area contributed by atoms with E-state index in [0.29, 0.717) is 0 Å². The Balaban J connectivity index is 1.95. The van der Waals surface area contributed by atoms with Crippen LogP contribution in [0.3, 0.4) is 0 Å². The summed E-state index contributed by atoms with van der Waals surface area (Å²) < 4.78 is 0. The molecule has 0 aliphatic carbocycles. The van der Waals surface area contributed by atoms with Crippen molar-refractivity contribution in [1.29, 1.82) is 0 Å². The van der Waals surface area contributed by atoms with E-state index in [1.807, 2.05) is 0 Å². The van der Waals surface area contributed by atoms with Crippen molar-refractivity contribution in [2.24, 2.45) is 0 Å². The lowest BCUT2D eigenvalue weighted by Gasteiger charge is -2.21. The van der Waals surface area contributed by atoms with Crippen molar-refractivity contribution >= 4 is 0 Å². The molecule has 2 aromatic carbocycles. The molecule has 0 aliphatic heterocycles. The molecule has 0 bridgehead atoms. The Kier molecular flexibility index (Phi) is 7.48. The molecule has 0 aromatic heterocycles. The van der Waals surface area contributed by atoms with Crippen molar-refractivity contribution in [3.8, 4) is 0 Å². The van der Waals surface area contributed by atoms with Gasteiger partial charge in [-0.2, -0.15) is 0 Å². The normalized spacial score (nSPS) is 11.4. The summed E-state index contributed by atoms with van der Waals surface area (Å²) in [5.41, 5.74) is 2.75. The molecule has 0 saturated heterocycles. The van der Waals surface area contributed by atoms with Gasteiger partial charge in [0.1, 0.15) is 0 Å². The number of rotatable bonds is 9. The Labute approximate surface area is 135 Å². The number of unbranched alkanes of at least 4 members (excludes halogenated alkanes) is 2. The number of hydrogen-bond acceptors (Lipinski definition) is 1. The molecule has 22 heavy (non-hydrogen) atoms.